The number of alkyl halides is 1. The van der Waals surface area contributed by atoms with Crippen LogP contribution in [-0.2, 0) is 4.79 Å². The monoisotopic (exact) mass is 332 g/mol. The summed E-state index contributed by atoms with van der Waals surface area (Å²) >= 11 is 9.35. The van der Waals surface area contributed by atoms with Crippen LogP contribution >= 0.6 is 27.5 Å². The van der Waals surface area contributed by atoms with Crippen molar-refractivity contribution >= 4 is 44.8 Å². The van der Waals surface area contributed by atoms with Crippen LogP contribution in [0, 0.1) is 16.0 Å². The fourth-order valence-electron chi connectivity index (χ4n) is 1.95. The molecule has 0 bridgehead atoms. The molecule has 0 N–H and O–H groups in total. The van der Waals surface area contributed by atoms with E-state index in [1.54, 1.807) is 4.90 Å². The Morgan fingerprint density at radius 2 is 2.28 bits per heavy atom. The predicted octanol–water partition coefficient (Wildman–Crippen LogP) is 3.00. The van der Waals surface area contributed by atoms with Crippen molar-refractivity contribution in [3.63, 3.8) is 0 Å². The number of nitro groups is 1. The number of benzene rings is 1. The van der Waals surface area contributed by atoms with Gasteiger partial charge in [0.25, 0.3) is 5.69 Å². The van der Waals surface area contributed by atoms with Gasteiger partial charge in [-0.3, -0.25) is 14.9 Å². The number of carbonyl (C=O) groups is 1. The van der Waals surface area contributed by atoms with Crippen LogP contribution in [0.25, 0.3) is 0 Å². The Kier molecular flexibility index (Phi) is 3.87. The SMILES string of the molecule is O=C1CC(CBr)CN1c1ccc([N+](=O)[O-])cc1Cl. The van der Waals surface area contributed by atoms with Gasteiger partial charge in [-0.25, -0.2) is 0 Å². The van der Waals surface area contributed by atoms with Gasteiger partial charge in [-0.2, -0.15) is 0 Å². The van der Waals surface area contributed by atoms with Crippen LogP contribution in [0.5, 0.6) is 0 Å². The standard InChI is InChI=1S/C11H10BrClN2O3/c12-5-7-3-11(16)14(6-7)10-2-1-8(15(17)18)4-9(10)13/h1-2,4,7H,3,5-6H2. The van der Waals surface area contributed by atoms with Crippen molar-refractivity contribution in [1.82, 2.24) is 0 Å². The summed E-state index contributed by atoms with van der Waals surface area (Å²) in [6.45, 7) is 0.585. The molecule has 18 heavy (non-hydrogen) atoms. The molecule has 1 saturated heterocycles. The molecular weight excluding hydrogens is 323 g/mol. The smallest absolute Gasteiger partial charge is 0.271 e. The van der Waals surface area contributed by atoms with Crippen LogP contribution < -0.4 is 4.90 Å². The van der Waals surface area contributed by atoms with E-state index in [9.17, 15) is 14.9 Å². The largest absolute Gasteiger partial charge is 0.311 e. The number of amides is 1. The lowest BCUT2D eigenvalue weighted by Gasteiger charge is -2.17. The van der Waals surface area contributed by atoms with Gasteiger partial charge in [0.15, 0.2) is 0 Å². The minimum Gasteiger partial charge on any atom is -0.311 e. The Hall–Kier alpha value is -1.14. The Morgan fingerprint density at radius 1 is 1.56 bits per heavy atom. The van der Waals surface area contributed by atoms with E-state index in [1.807, 2.05) is 0 Å². The predicted molar refractivity (Wildman–Crippen MR) is 72.4 cm³/mol. The van der Waals surface area contributed by atoms with Crippen LogP contribution in [0.2, 0.25) is 5.02 Å². The lowest BCUT2D eigenvalue weighted by molar-refractivity contribution is -0.384. The molecule has 1 aromatic rings. The maximum Gasteiger partial charge on any atom is 0.271 e. The number of nitro benzene ring substituents is 1. The van der Waals surface area contributed by atoms with E-state index in [0.29, 0.717) is 18.7 Å². The summed E-state index contributed by atoms with van der Waals surface area (Å²) in [5, 5.41) is 11.6. The van der Waals surface area contributed by atoms with Crippen molar-refractivity contribution in [3.05, 3.63) is 33.3 Å². The summed E-state index contributed by atoms with van der Waals surface area (Å²) in [5.74, 6) is 0.249. The van der Waals surface area contributed by atoms with Crippen LogP contribution in [0.4, 0.5) is 11.4 Å². The molecule has 1 fully saturated rings. The maximum atomic E-state index is 11.8. The van der Waals surface area contributed by atoms with Gasteiger partial charge >= 0.3 is 0 Å². The molecule has 1 unspecified atom stereocenters. The van der Waals surface area contributed by atoms with E-state index in [1.165, 1.54) is 18.2 Å². The number of rotatable bonds is 3. The molecule has 0 aromatic heterocycles. The summed E-state index contributed by atoms with van der Waals surface area (Å²) in [5.41, 5.74) is 0.461. The van der Waals surface area contributed by atoms with Crippen molar-refractivity contribution in [2.75, 3.05) is 16.8 Å². The second-order valence-electron chi connectivity index (χ2n) is 4.12. The number of halogens is 2. The van der Waals surface area contributed by atoms with Gasteiger partial charge in [0.2, 0.25) is 5.91 Å². The average Bonchev–Trinajstić information content (AvgIpc) is 2.70. The number of hydrogen-bond acceptors (Lipinski definition) is 3. The van der Waals surface area contributed by atoms with E-state index in [2.05, 4.69) is 15.9 Å². The first-order chi connectivity index (χ1) is 8.52. The summed E-state index contributed by atoms with van der Waals surface area (Å²) in [7, 11) is 0. The molecule has 0 saturated carbocycles. The van der Waals surface area contributed by atoms with Crippen LogP contribution in [0.1, 0.15) is 6.42 Å². The van der Waals surface area contributed by atoms with Crippen molar-refractivity contribution in [3.8, 4) is 0 Å². The van der Waals surface area contributed by atoms with E-state index < -0.39 is 4.92 Å². The zero-order chi connectivity index (χ0) is 13.3. The van der Waals surface area contributed by atoms with Gasteiger partial charge in [0.1, 0.15) is 0 Å². The second-order valence-corrected chi connectivity index (χ2v) is 5.18. The summed E-state index contributed by atoms with van der Waals surface area (Å²) in [6, 6.07) is 4.15. The Morgan fingerprint density at radius 3 is 2.78 bits per heavy atom. The lowest BCUT2D eigenvalue weighted by Crippen LogP contribution is -2.24. The first-order valence-electron chi connectivity index (χ1n) is 5.33. The highest BCUT2D eigenvalue weighted by Crippen LogP contribution is 2.34. The number of non-ortho nitro benzene ring substituents is 1. The molecule has 0 spiro atoms. The number of hydrogen-bond donors (Lipinski definition) is 0. The average molecular weight is 334 g/mol. The highest BCUT2D eigenvalue weighted by atomic mass is 79.9. The molecule has 1 aromatic carbocycles. The molecule has 1 atom stereocenters. The van der Waals surface area contributed by atoms with E-state index in [-0.39, 0.29) is 22.5 Å². The third-order valence-corrected chi connectivity index (χ3v) is 4.07. The van der Waals surface area contributed by atoms with Crippen molar-refractivity contribution in [1.29, 1.82) is 0 Å². The molecular formula is C11H10BrClN2O3. The van der Waals surface area contributed by atoms with Crippen LogP contribution in [0.15, 0.2) is 18.2 Å². The molecule has 7 heteroatoms. The van der Waals surface area contributed by atoms with E-state index >= 15 is 0 Å². The van der Waals surface area contributed by atoms with Gasteiger partial charge in [0.05, 0.1) is 15.6 Å². The van der Waals surface area contributed by atoms with Gasteiger partial charge in [-0.05, 0) is 12.0 Å². The second kappa shape index (κ2) is 5.24. The molecule has 1 aliphatic heterocycles. The Labute approximate surface area is 117 Å². The number of nitrogens with zero attached hydrogens (tertiary/aromatic N) is 2. The van der Waals surface area contributed by atoms with Crippen molar-refractivity contribution in [2.24, 2.45) is 5.92 Å². The lowest BCUT2D eigenvalue weighted by atomic mass is 10.2. The highest BCUT2D eigenvalue weighted by Gasteiger charge is 2.31. The first kappa shape index (κ1) is 13.3. The molecule has 5 nitrogen and oxygen atoms in total. The Balaban J connectivity index is 2.29. The minimum atomic E-state index is -0.511. The normalized spacial score (nSPS) is 19.3. The molecule has 1 heterocycles. The van der Waals surface area contributed by atoms with Gasteiger partial charge < -0.3 is 4.90 Å². The molecule has 0 aliphatic carbocycles. The zero-order valence-corrected chi connectivity index (χ0v) is 11.6. The van der Waals surface area contributed by atoms with Gasteiger partial charge in [-0.15, -0.1) is 0 Å². The third-order valence-electron chi connectivity index (χ3n) is 2.86. The van der Waals surface area contributed by atoms with Crippen molar-refractivity contribution in [2.45, 2.75) is 6.42 Å². The van der Waals surface area contributed by atoms with Crippen molar-refractivity contribution < 1.29 is 9.72 Å². The van der Waals surface area contributed by atoms with E-state index in [0.717, 1.165) is 5.33 Å². The maximum absolute atomic E-state index is 11.8. The molecule has 1 amide bonds. The van der Waals surface area contributed by atoms with Gasteiger partial charge in [0, 0.05) is 30.4 Å². The number of anilines is 1. The molecule has 0 radical (unpaired) electrons. The first-order valence-corrected chi connectivity index (χ1v) is 6.83. The third kappa shape index (κ3) is 2.49. The summed E-state index contributed by atoms with van der Waals surface area (Å²) in [6.07, 6.45) is 0.471. The number of carbonyl (C=O) groups excluding carboxylic acids is 1. The van der Waals surface area contributed by atoms with E-state index in [4.69, 9.17) is 11.6 Å². The highest BCUT2D eigenvalue weighted by molar-refractivity contribution is 9.09. The van der Waals surface area contributed by atoms with Gasteiger partial charge in [-0.1, -0.05) is 27.5 Å². The minimum absolute atomic E-state index is 0.00444. The molecule has 2 rings (SSSR count). The summed E-state index contributed by atoms with van der Waals surface area (Å²) in [4.78, 5) is 23.5. The zero-order valence-electron chi connectivity index (χ0n) is 9.31. The van der Waals surface area contributed by atoms with Crippen LogP contribution in [0.3, 0.4) is 0 Å². The Bertz CT molecular complexity index is 509. The fourth-order valence-corrected chi connectivity index (χ4v) is 2.66. The van der Waals surface area contributed by atoms with Crippen LogP contribution in [-0.4, -0.2) is 22.7 Å². The quantitative estimate of drug-likeness (QED) is 0.485. The summed E-state index contributed by atoms with van der Waals surface area (Å²) < 4.78 is 0. The fraction of sp³-hybridized carbons (Fsp3) is 0.364. The topological polar surface area (TPSA) is 63.5 Å². The molecule has 1 aliphatic rings. The molecule has 96 valence electrons.